The number of nitrogens with one attached hydrogen (secondary N) is 1. The second kappa shape index (κ2) is 12.8. The van der Waals surface area contributed by atoms with Gasteiger partial charge in [0.15, 0.2) is 5.82 Å². The van der Waals surface area contributed by atoms with E-state index < -0.39 is 5.76 Å². The van der Waals surface area contributed by atoms with Crippen molar-refractivity contribution in [2.45, 2.75) is 46.1 Å². The van der Waals surface area contributed by atoms with E-state index in [9.17, 15) is 9.59 Å². The number of H-pyrrole nitrogens is 1. The van der Waals surface area contributed by atoms with E-state index in [1.54, 1.807) is 0 Å². The van der Waals surface area contributed by atoms with Crippen LogP contribution in [0.3, 0.4) is 0 Å². The second-order valence-corrected chi connectivity index (χ2v) is 10.1. The third-order valence-electron chi connectivity index (χ3n) is 7.39. The average Bonchev–Trinajstić information content (AvgIpc) is 3.62. The standard InChI is InChI=1S/C32H30N4O4.K.H/c1-3-4-9-28-33-20(2)29(24-14-15-27-23(18-24)16-17-39-27)31(37)36(28)19-21-10-12-22(13-11-21)25-7-5-6-8-26(25)30-34-32(38)40-35-30;;/h5-8,10-15,18H,3-4,9,16-17,19H2,1-2H3,(H,34,35,38);;. The van der Waals surface area contributed by atoms with Crippen molar-refractivity contribution in [1.29, 1.82) is 0 Å². The quantitative estimate of drug-likeness (QED) is 0.264. The Labute approximate surface area is 280 Å². The Morgan fingerprint density at radius 1 is 0.976 bits per heavy atom. The molecule has 9 heteroatoms. The molecule has 0 saturated heterocycles. The number of nitrogens with zero attached hydrogens (tertiary/aromatic N) is 3. The number of ether oxygens (including phenoxy) is 1. The summed E-state index contributed by atoms with van der Waals surface area (Å²) in [5, 5.41) is 3.85. The normalized spacial score (nSPS) is 12.0. The molecule has 8 nitrogen and oxygen atoms in total. The summed E-state index contributed by atoms with van der Waals surface area (Å²) in [7, 11) is 0. The maximum atomic E-state index is 14.0. The number of aromatic amines is 1. The van der Waals surface area contributed by atoms with E-state index >= 15 is 0 Å². The molecule has 0 fully saturated rings. The van der Waals surface area contributed by atoms with Crippen LogP contribution in [0.1, 0.15) is 42.4 Å². The number of hydrogen-bond acceptors (Lipinski definition) is 6. The Morgan fingerprint density at radius 3 is 2.46 bits per heavy atom. The molecule has 0 unspecified atom stereocenters. The Bertz CT molecular complexity index is 1800. The van der Waals surface area contributed by atoms with Gasteiger partial charge >= 0.3 is 57.1 Å². The van der Waals surface area contributed by atoms with E-state index in [0.29, 0.717) is 24.5 Å². The van der Waals surface area contributed by atoms with Crippen LogP contribution in [-0.2, 0) is 19.4 Å². The molecule has 3 heterocycles. The van der Waals surface area contributed by atoms with Crippen molar-refractivity contribution in [2.24, 2.45) is 0 Å². The van der Waals surface area contributed by atoms with Crippen LogP contribution < -0.4 is 16.1 Å². The summed E-state index contributed by atoms with van der Waals surface area (Å²) in [5.74, 6) is 1.49. The van der Waals surface area contributed by atoms with Crippen molar-refractivity contribution in [1.82, 2.24) is 19.7 Å². The molecule has 1 N–H and O–H groups in total. The fraction of sp³-hybridized carbons (Fsp3) is 0.250. The van der Waals surface area contributed by atoms with Gasteiger partial charge in [-0.15, -0.1) is 0 Å². The molecule has 0 bridgehead atoms. The third-order valence-corrected chi connectivity index (χ3v) is 7.39. The number of benzene rings is 3. The van der Waals surface area contributed by atoms with Crippen LogP contribution >= 0.6 is 0 Å². The first-order chi connectivity index (χ1) is 19.5. The first-order valence-corrected chi connectivity index (χ1v) is 13.6. The van der Waals surface area contributed by atoms with Crippen LogP contribution in [0.15, 0.2) is 80.8 Å². The number of hydrogen-bond donors (Lipinski definition) is 1. The summed E-state index contributed by atoms with van der Waals surface area (Å²) >= 11 is 0. The van der Waals surface area contributed by atoms with Crippen LogP contribution in [0.5, 0.6) is 5.75 Å². The van der Waals surface area contributed by atoms with E-state index in [4.69, 9.17) is 14.2 Å². The van der Waals surface area contributed by atoms with Gasteiger partial charge in [0, 0.05) is 18.4 Å². The summed E-state index contributed by atoms with van der Waals surface area (Å²) in [6, 6.07) is 21.8. The first-order valence-electron chi connectivity index (χ1n) is 13.6. The van der Waals surface area contributed by atoms with E-state index in [2.05, 4.69) is 23.1 Å². The summed E-state index contributed by atoms with van der Waals surface area (Å²) in [6.45, 7) is 5.16. The fourth-order valence-electron chi connectivity index (χ4n) is 5.34. The van der Waals surface area contributed by atoms with E-state index in [1.165, 1.54) is 0 Å². The summed E-state index contributed by atoms with van der Waals surface area (Å²) in [4.78, 5) is 33.1. The Kier molecular flexibility index (Phi) is 9.21. The predicted molar refractivity (Wildman–Crippen MR) is 161 cm³/mol. The molecule has 3 aromatic carbocycles. The van der Waals surface area contributed by atoms with Crippen molar-refractivity contribution < 1.29 is 9.26 Å². The molecule has 41 heavy (non-hydrogen) atoms. The van der Waals surface area contributed by atoms with Gasteiger partial charge in [0.1, 0.15) is 11.6 Å². The van der Waals surface area contributed by atoms with Gasteiger partial charge in [0.2, 0.25) is 0 Å². The Hall–Kier alpha value is -3.08. The minimum absolute atomic E-state index is 0. The summed E-state index contributed by atoms with van der Waals surface area (Å²) in [6.07, 6.45) is 3.57. The van der Waals surface area contributed by atoms with Crippen LogP contribution in [0.2, 0.25) is 0 Å². The topological polar surface area (TPSA) is 103 Å². The van der Waals surface area contributed by atoms with Crippen LogP contribution in [0.4, 0.5) is 0 Å². The predicted octanol–water partition coefficient (Wildman–Crippen LogP) is 4.91. The van der Waals surface area contributed by atoms with E-state index in [-0.39, 0.29) is 56.9 Å². The fourth-order valence-corrected chi connectivity index (χ4v) is 5.34. The molecule has 2 aromatic heterocycles. The Morgan fingerprint density at radius 2 is 1.73 bits per heavy atom. The molecule has 0 aliphatic carbocycles. The van der Waals surface area contributed by atoms with Crippen molar-refractivity contribution in [2.75, 3.05) is 6.61 Å². The molecule has 0 saturated carbocycles. The minimum atomic E-state index is -0.594. The van der Waals surface area contributed by atoms with Gasteiger partial charge in [-0.05, 0) is 53.3 Å². The zero-order chi connectivity index (χ0) is 27.6. The summed E-state index contributed by atoms with van der Waals surface area (Å²) < 4.78 is 12.2. The molecule has 204 valence electrons. The molecule has 1 aliphatic heterocycles. The molecule has 6 rings (SSSR count). The monoisotopic (exact) mass is 574 g/mol. The second-order valence-electron chi connectivity index (χ2n) is 10.1. The molecule has 0 atom stereocenters. The molecule has 0 spiro atoms. The number of aryl methyl sites for hydroxylation is 2. The number of unbranched alkanes of at least 4 members (excludes halogenated alkanes) is 1. The average molecular weight is 575 g/mol. The van der Waals surface area contributed by atoms with Crippen molar-refractivity contribution in [3.63, 3.8) is 0 Å². The number of aromatic nitrogens is 4. The van der Waals surface area contributed by atoms with E-state index in [0.717, 1.165) is 76.3 Å². The van der Waals surface area contributed by atoms with Gasteiger partial charge in [-0.2, -0.15) is 0 Å². The van der Waals surface area contributed by atoms with Gasteiger partial charge in [0.05, 0.1) is 24.4 Å². The van der Waals surface area contributed by atoms with Crippen LogP contribution in [-0.4, -0.2) is 77.7 Å². The molecule has 0 amide bonds. The maximum absolute atomic E-state index is 14.0. The first kappa shape index (κ1) is 29.4. The van der Waals surface area contributed by atoms with Gasteiger partial charge in [-0.25, -0.2) is 9.78 Å². The number of fused-ring (bicyclic) bond motifs is 1. The van der Waals surface area contributed by atoms with Crippen molar-refractivity contribution in [3.05, 3.63) is 110 Å². The van der Waals surface area contributed by atoms with Gasteiger partial charge < -0.3 is 4.74 Å². The third kappa shape index (κ3) is 6.10. The SMILES string of the molecule is CCCCc1nc(C)c(-c2ccc3c(c2)CCO3)c(=O)n1Cc1ccc(-c2ccccc2-c2noc(=O)[nH]2)cc1.[KH]. The van der Waals surface area contributed by atoms with Crippen molar-refractivity contribution >= 4 is 51.4 Å². The van der Waals surface area contributed by atoms with Crippen LogP contribution in [0.25, 0.3) is 33.6 Å². The molecule has 5 aromatic rings. The zero-order valence-corrected chi connectivity index (χ0v) is 22.6. The molecular formula is C32H31KN4O4. The molecule has 1 aliphatic rings. The van der Waals surface area contributed by atoms with Crippen LogP contribution in [0, 0.1) is 6.92 Å². The van der Waals surface area contributed by atoms with Gasteiger partial charge in [-0.3, -0.25) is 18.9 Å². The Balaban J connectivity index is 0.00000337. The summed E-state index contributed by atoms with van der Waals surface area (Å²) in [5.41, 5.74) is 7.02. The molecule has 0 radical (unpaired) electrons. The number of rotatable bonds is 8. The van der Waals surface area contributed by atoms with Crippen molar-refractivity contribution in [3.8, 4) is 39.4 Å². The van der Waals surface area contributed by atoms with Gasteiger partial charge in [0.25, 0.3) is 5.56 Å². The molecular weight excluding hydrogens is 543 g/mol. The van der Waals surface area contributed by atoms with Gasteiger partial charge in [-0.1, -0.05) is 73.1 Å². The zero-order valence-electron chi connectivity index (χ0n) is 22.6. The van der Waals surface area contributed by atoms with E-state index in [1.807, 2.05) is 72.2 Å².